The third-order valence-corrected chi connectivity index (χ3v) is 3.32. The highest BCUT2D eigenvalue weighted by atomic mass is 35.5. The fourth-order valence-corrected chi connectivity index (χ4v) is 2.06. The van der Waals surface area contributed by atoms with Crippen LogP contribution in [-0.4, -0.2) is 35.5 Å². The maximum Gasteiger partial charge on any atom is 0.471 e. The van der Waals surface area contributed by atoms with Crippen molar-refractivity contribution in [3.63, 3.8) is 0 Å². The van der Waals surface area contributed by atoms with Crippen LogP contribution in [0.2, 0.25) is 0 Å². The number of carbonyl (C=O) groups excluding carboxylic acids is 2. The van der Waals surface area contributed by atoms with E-state index in [2.05, 4.69) is 5.32 Å². The standard InChI is InChI=1S/C16H22F3N3O2.ClH/c1-3-22(15(24)16(17,18)19)10-12-5-4-6-13(9-12)21-14(23)8-7-11(2)20;/h4-6,9,11H,3,7-8,10,20H2,1-2H3,(H,21,23);1H. The van der Waals surface area contributed by atoms with E-state index in [1.807, 2.05) is 0 Å². The lowest BCUT2D eigenvalue weighted by molar-refractivity contribution is -0.185. The summed E-state index contributed by atoms with van der Waals surface area (Å²) in [5.41, 5.74) is 6.55. The van der Waals surface area contributed by atoms with Crippen LogP contribution in [0.3, 0.4) is 0 Å². The molecule has 0 aliphatic heterocycles. The molecule has 1 rings (SSSR count). The molecule has 0 radical (unpaired) electrons. The number of hydrogen-bond donors (Lipinski definition) is 2. The van der Waals surface area contributed by atoms with Gasteiger partial charge in [0.15, 0.2) is 0 Å². The number of nitrogens with two attached hydrogens (primary N) is 1. The van der Waals surface area contributed by atoms with Gasteiger partial charge in [-0.2, -0.15) is 13.2 Å². The molecule has 1 aromatic carbocycles. The normalized spacial score (nSPS) is 12.1. The zero-order valence-electron chi connectivity index (χ0n) is 14.1. The Morgan fingerprint density at radius 1 is 1.32 bits per heavy atom. The van der Waals surface area contributed by atoms with Crippen molar-refractivity contribution >= 4 is 29.9 Å². The van der Waals surface area contributed by atoms with E-state index >= 15 is 0 Å². The SMILES string of the molecule is CCN(Cc1cccc(NC(=O)CCC(C)N)c1)C(=O)C(F)(F)F.Cl. The van der Waals surface area contributed by atoms with E-state index in [9.17, 15) is 22.8 Å². The van der Waals surface area contributed by atoms with Crippen LogP contribution in [0.5, 0.6) is 0 Å². The third kappa shape index (κ3) is 8.22. The second kappa shape index (κ2) is 10.2. The molecule has 0 aromatic heterocycles. The summed E-state index contributed by atoms with van der Waals surface area (Å²) < 4.78 is 37.6. The molecule has 1 aromatic rings. The predicted octanol–water partition coefficient (Wildman–Crippen LogP) is 3.09. The van der Waals surface area contributed by atoms with Crippen molar-refractivity contribution in [2.45, 2.75) is 45.5 Å². The summed E-state index contributed by atoms with van der Waals surface area (Å²) >= 11 is 0. The van der Waals surface area contributed by atoms with Gasteiger partial charge >= 0.3 is 12.1 Å². The maximum atomic E-state index is 12.5. The van der Waals surface area contributed by atoms with Crippen molar-refractivity contribution < 1.29 is 22.8 Å². The molecule has 0 saturated heterocycles. The molecule has 3 N–H and O–H groups in total. The Balaban J connectivity index is 0.00000576. The van der Waals surface area contributed by atoms with Crippen LogP contribution < -0.4 is 11.1 Å². The second-order valence-corrected chi connectivity index (χ2v) is 5.58. The van der Waals surface area contributed by atoms with E-state index in [1.54, 1.807) is 31.2 Å². The predicted molar refractivity (Wildman–Crippen MR) is 92.3 cm³/mol. The van der Waals surface area contributed by atoms with Gasteiger partial charge in [0.1, 0.15) is 0 Å². The number of anilines is 1. The first-order valence-electron chi connectivity index (χ1n) is 7.64. The van der Waals surface area contributed by atoms with Crippen LogP contribution in [0.25, 0.3) is 0 Å². The summed E-state index contributed by atoms with van der Waals surface area (Å²) in [6.07, 6.45) is -4.11. The van der Waals surface area contributed by atoms with Gasteiger partial charge < -0.3 is 16.0 Å². The number of nitrogens with one attached hydrogen (secondary N) is 1. The lowest BCUT2D eigenvalue weighted by Gasteiger charge is -2.22. The zero-order chi connectivity index (χ0) is 18.3. The maximum absolute atomic E-state index is 12.5. The minimum absolute atomic E-state index is 0. The van der Waals surface area contributed by atoms with Gasteiger partial charge in [-0.25, -0.2) is 0 Å². The van der Waals surface area contributed by atoms with Crippen LogP contribution >= 0.6 is 12.4 Å². The van der Waals surface area contributed by atoms with Gasteiger partial charge in [-0.3, -0.25) is 9.59 Å². The number of benzene rings is 1. The molecule has 5 nitrogen and oxygen atoms in total. The molecular weight excluding hydrogens is 359 g/mol. The summed E-state index contributed by atoms with van der Waals surface area (Å²) in [5, 5.41) is 2.67. The Morgan fingerprint density at radius 3 is 2.48 bits per heavy atom. The summed E-state index contributed by atoms with van der Waals surface area (Å²) in [7, 11) is 0. The Labute approximate surface area is 151 Å². The van der Waals surface area contributed by atoms with Gasteiger partial charge in [-0.05, 0) is 38.0 Å². The number of nitrogens with zero attached hydrogens (tertiary/aromatic N) is 1. The average Bonchev–Trinajstić information content (AvgIpc) is 2.49. The van der Waals surface area contributed by atoms with E-state index in [4.69, 9.17) is 5.73 Å². The molecule has 1 unspecified atom stereocenters. The van der Waals surface area contributed by atoms with Gasteiger partial charge in [-0.1, -0.05) is 12.1 Å². The van der Waals surface area contributed by atoms with Crippen molar-refractivity contribution in [3.8, 4) is 0 Å². The second-order valence-electron chi connectivity index (χ2n) is 5.58. The minimum Gasteiger partial charge on any atom is -0.331 e. The first-order chi connectivity index (χ1) is 11.1. The quantitative estimate of drug-likeness (QED) is 0.762. The average molecular weight is 382 g/mol. The molecule has 0 aliphatic rings. The molecule has 0 heterocycles. The van der Waals surface area contributed by atoms with Crippen LogP contribution in [-0.2, 0) is 16.1 Å². The summed E-state index contributed by atoms with van der Waals surface area (Å²) in [4.78, 5) is 23.8. The van der Waals surface area contributed by atoms with E-state index in [0.717, 1.165) is 0 Å². The van der Waals surface area contributed by atoms with Crippen molar-refractivity contribution in [2.24, 2.45) is 5.73 Å². The zero-order valence-corrected chi connectivity index (χ0v) is 14.9. The van der Waals surface area contributed by atoms with E-state index in [1.165, 1.54) is 6.92 Å². The van der Waals surface area contributed by atoms with Gasteiger partial charge in [0.2, 0.25) is 5.91 Å². The molecule has 0 saturated carbocycles. The molecule has 142 valence electrons. The number of carbonyl (C=O) groups is 2. The first kappa shape index (κ1) is 23.2. The molecular formula is C16H23ClF3N3O2. The Kier molecular flexibility index (Phi) is 9.51. The van der Waals surface area contributed by atoms with Crippen LogP contribution in [0.15, 0.2) is 24.3 Å². The van der Waals surface area contributed by atoms with Crippen LogP contribution in [0.1, 0.15) is 32.3 Å². The Hall–Kier alpha value is -1.80. The molecule has 0 spiro atoms. The summed E-state index contributed by atoms with van der Waals surface area (Å²) in [5.74, 6) is -2.10. The summed E-state index contributed by atoms with van der Waals surface area (Å²) in [6, 6.07) is 6.31. The van der Waals surface area contributed by atoms with Gasteiger partial charge in [0, 0.05) is 31.2 Å². The van der Waals surface area contributed by atoms with Gasteiger partial charge in [-0.15, -0.1) is 12.4 Å². The Bertz CT molecular complexity index is 580. The molecule has 0 bridgehead atoms. The fraction of sp³-hybridized carbons (Fsp3) is 0.500. The fourth-order valence-electron chi connectivity index (χ4n) is 2.06. The number of alkyl halides is 3. The highest BCUT2D eigenvalue weighted by Crippen LogP contribution is 2.21. The van der Waals surface area contributed by atoms with E-state index in [-0.39, 0.29) is 43.9 Å². The molecule has 2 amide bonds. The molecule has 25 heavy (non-hydrogen) atoms. The molecule has 0 fully saturated rings. The molecule has 0 aliphatic carbocycles. The van der Waals surface area contributed by atoms with E-state index < -0.39 is 12.1 Å². The smallest absolute Gasteiger partial charge is 0.331 e. The van der Waals surface area contributed by atoms with Crippen molar-refractivity contribution in [3.05, 3.63) is 29.8 Å². The molecule has 9 heteroatoms. The van der Waals surface area contributed by atoms with Gasteiger partial charge in [0.25, 0.3) is 0 Å². The third-order valence-electron chi connectivity index (χ3n) is 3.32. The lowest BCUT2D eigenvalue weighted by Crippen LogP contribution is -2.40. The van der Waals surface area contributed by atoms with Crippen molar-refractivity contribution in [1.29, 1.82) is 0 Å². The highest BCUT2D eigenvalue weighted by molar-refractivity contribution is 5.90. The highest BCUT2D eigenvalue weighted by Gasteiger charge is 2.41. The Morgan fingerprint density at radius 2 is 1.96 bits per heavy atom. The van der Waals surface area contributed by atoms with E-state index in [0.29, 0.717) is 22.6 Å². The number of amides is 2. The van der Waals surface area contributed by atoms with Gasteiger partial charge in [0.05, 0.1) is 0 Å². The number of hydrogen-bond acceptors (Lipinski definition) is 3. The van der Waals surface area contributed by atoms with Crippen LogP contribution in [0, 0.1) is 0 Å². The minimum atomic E-state index is -4.90. The van der Waals surface area contributed by atoms with Crippen molar-refractivity contribution in [1.82, 2.24) is 4.90 Å². The lowest BCUT2D eigenvalue weighted by atomic mass is 10.1. The topological polar surface area (TPSA) is 75.4 Å². The summed E-state index contributed by atoms with van der Waals surface area (Å²) in [6.45, 7) is 3.02. The first-order valence-corrected chi connectivity index (χ1v) is 7.64. The van der Waals surface area contributed by atoms with Crippen molar-refractivity contribution in [2.75, 3.05) is 11.9 Å². The molecule has 1 atom stereocenters. The largest absolute Gasteiger partial charge is 0.471 e. The number of rotatable bonds is 7. The number of halogens is 4. The van der Waals surface area contributed by atoms with Crippen LogP contribution in [0.4, 0.5) is 18.9 Å². The monoisotopic (exact) mass is 381 g/mol.